The Balaban J connectivity index is 2.11. The van der Waals surface area contributed by atoms with Crippen LogP contribution in [0.5, 0.6) is 11.5 Å². The molecule has 0 bridgehead atoms. The van der Waals surface area contributed by atoms with Crippen molar-refractivity contribution in [1.29, 1.82) is 0 Å². The van der Waals surface area contributed by atoms with Crippen molar-refractivity contribution in [2.45, 2.75) is 12.3 Å². The van der Waals surface area contributed by atoms with E-state index in [1.165, 1.54) is 0 Å². The first kappa shape index (κ1) is 17.1. The molecule has 0 fully saturated rings. The molecular weight excluding hydrogens is 363 g/mol. The molecule has 2 aromatic carbocycles. The highest BCUT2D eigenvalue weighted by atomic mass is 79.9. The van der Waals surface area contributed by atoms with Crippen molar-refractivity contribution in [3.8, 4) is 11.5 Å². The maximum Gasteiger partial charge on any atom is 0.118 e. The topological polar surface area (TPSA) is 35.5 Å². The molecule has 0 atom stereocenters. The third-order valence-corrected chi connectivity index (χ3v) is 8.54. The summed E-state index contributed by atoms with van der Waals surface area (Å²) in [6.07, 6.45) is 1.16. The monoisotopic (exact) mass is 382 g/mol. The number of ether oxygens (including phenoxy) is 2. The van der Waals surface area contributed by atoms with E-state index >= 15 is 0 Å². The second kappa shape index (κ2) is 7.85. The van der Waals surface area contributed by atoms with Crippen LogP contribution in [0.15, 0.2) is 48.5 Å². The van der Waals surface area contributed by atoms with Gasteiger partial charge in [-0.3, -0.25) is 0 Å². The first-order valence-corrected chi connectivity index (χ1v) is 10.4. The first-order chi connectivity index (χ1) is 10.6. The molecule has 0 saturated heterocycles. The number of benzene rings is 2. The van der Waals surface area contributed by atoms with E-state index in [0.717, 1.165) is 22.6 Å². The minimum Gasteiger partial charge on any atom is -0.497 e. The molecule has 118 valence electrons. The normalized spacial score (nSPS) is 11.2. The van der Waals surface area contributed by atoms with Crippen LogP contribution in [0.3, 0.4) is 0 Å². The fraction of sp³-hybridized carbons (Fsp3) is 0.294. The molecule has 22 heavy (non-hydrogen) atoms. The Morgan fingerprint density at radius 2 is 1.18 bits per heavy atom. The predicted octanol–water partition coefficient (Wildman–Crippen LogP) is 5.12. The Kier molecular flexibility index (Phi) is 6.10. The van der Waals surface area contributed by atoms with Gasteiger partial charge in [0.05, 0.1) is 19.3 Å². The lowest BCUT2D eigenvalue weighted by Gasteiger charge is -2.16. The molecule has 3 nitrogen and oxygen atoms in total. The SMILES string of the molecule is COc1ccc(CP(=O)(CBr)Cc2ccc(OC)cc2)cc1. The second-order valence-electron chi connectivity index (χ2n) is 5.19. The quantitative estimate of drug-likeness (QED) is 0.492. The van der Waals surface area contributed by atoms with Crippen LogP contribution in [0.4, 0.5) is 0 Å². The van der Waals surface area contributed by atoms with E-state index in [0.29, 0.717) is 17.4 Å². The summed E-state index contributed by atoms with van der Waals surface area (Å²) in [5.74, 6) is 1.63. The van der Waals surface area contributed by atoms with Gasteiger partial charge >= 0.3 is 0 Å². The van der Waals surface area contributed by atoms with Gasteiger partial charge in [-0.15, -0.1) is 0 Å². The van der Waals surface area contributed by atoms with Crippen molar-refractivity contribution in [3.63, 3.8) is 0 Å². The molecule has 0 aliphatic rings. The molecule has 0 spiro atoms. The van der Waals surface area contributed by atoms with E-state index in [9.17, 15) is 4.57 Å². The minimum atomic E-state index is -2.36. The van der Waals surface area contributed by atoms with Gasteiger partial charge in [-0.05, 0) is 35.4 Å². The molecular formula is C17H20BrO3P. The summed E-state index contributed by atoms with van der Waals surface area (Å²) < 4.78 is 23.4. The van der Waals surface area contributed by atoms with Crippen molar-refractivity contribution in [2.24, 2.45) is 0 Å². The standard InChI is InChI=1S/C17H20BrO3P/c1-20-16-7-3-14(4-8-16)11-22(19,13-18)12-15-5-9-17(21-2)10-6-15/h3-10H,11-13H2,1-2H3. The van der Waals surface area contributed by atoms with Crippen molar-refractivity contribution in [3.05, 3.63) is 59.7 Å². The van der Waals surface area contributed by atoms with E-state index in [2.05, 4.69) is 15.9 Å². The average Bonchev–Trinajstić information content (AvgIpc) is 2.56. The van der Waals surface area contributed by atoms with E-state index in [-0.39, 0.29) is 0 Å². The molecule has 5 heteroatoms. The van der Waals surface area contributed by atoms with Crippen molar-refractivity contribution < 1.29 is 14.0 Å². The van der Waals surface area contributed by atoms with E-state index in [1.54, 1.807) is 14.2 Å². The molecule has 0 aliphatic heterocycles. The highest BCUT2D eigenvalue weighted by Gasteiger charge is 2.22. The molecule has 0 saturated carbocycles. The van der Waals surface area contributed by atoms with Crippen LogP contribution in [0.2, 0.25) is 0 Å². The molecule has 0 unspecified atom stereocenters. The average molecular weight is 383 g/mol. The molecule has 0 amide bonds. The second-order valence-corrected chi connectivity index (χ2v) is 9.68. The largest absolute Gasteiger partial charge is 0.497 e. The third-order valence-electron chi connectivity index (χ3n) is 3.48. The van der Waals surface area contributed by atoms with Crippen LogP contribution in [-0.2, 0) is 16.9 Å². The number of hydrogen-bond donors (Lipinski definition) is 0. The molecule has 2 aromatic rings. The fourth-order valence-electron chi connectivity index (χ4n) is 2.27. The van der Waals surface area contributed by atoms with Gasteiger partial charge in [-0.25, -0.2) is 0 Å². The number of methoxy groups -OCH3 is 2. The summed E-state index contributed by atoms with van der Waals surface area (Å²) in [5.41, 5.74) is 2.13. The lowest BCUT2D eigenvalue weighted by atomic mass is 10.2. The van der Waals surface area contributed by atoms with Gasteiger partial charge in [0.15, 0.2) is 0 Å². The van der Waals surface area contributed by atoms with Gasteiger partial charge in [0, 0.05) is 12.3 Å². The highest BCUT2D eigenvalue weighted by Crippen LogP contribution is 2.53. The van der Waals surface area contributed by atoms with Crippen molar-refractivity contribution in [2.75, 3.05) is 19.3 Å². The van der Waals surface area contributed by atoms with E-state index in [1.807, 2.05) is 48.5 Å². The first-order valence-electron chi connectivity index (χ1n) is 6.97. The maximum atomic E-state index is 13.1. The number of hydrogen-bond acceptors (Lipinski definition) is 3. The summed E-state index contributed by atoms with van der Waals surface area (Å²) in [6.45, 7) is 0. The zero-order chi connectivity index (χ0) is 16.0. The lowest BCUT2D eigenvalue weighted by Crippen LogP contribution is -1.95. The third kappa shape index (κ3) is 4.62. The summed E-state index contributed by atoms with van der Waals surface area (Å²) >= 11 is 3.43. The molecule has 0 aliphatic carbocycles. The number of halogens is 1. The lowest BCUT2D eigenvalue weighted by molar-refractivity contribution is 0.414. The van der Waals surface area contributed by atoms with Crippen LogP contribution in [0.25, 0.3) is 0 Å². The van der Waals surface area contributed by atoms with E-state index < -0.39 is 7.14 Å². The summed E-state index contributed by atoms with van der Waals surface area (Å²) in [5, 5.41) is 0.512. The Morgan fingerprint density at radius 1 is 0.818 bits per heavy atom. The van der Waals surface area contributed by atoms with Gasteiger partial charge in [0.2, 0.25) is 0 Å². The van der Waals surface area contributed by atoms with Crippen LogP contribution < -0.4 is 9.47 Å². The van der Waals surface area contributed by atoms with Gasteiger partial charge < -0.3 is 14.0 Å². The minimum absolute atomic E-state index is 0.512. The van der Waals surface area contributed by atoms with Crippen LogP contribution in [0.1, 0.15) is 11.1 Å². The smallest absolute Gasteiger partial charge is 0.118 e. The van der Waals surface area contributed by atoms with Crippen molar-refractivity contribution >= 4 is 23.1 Å². The van der Waals surface area contributed by atoms with Gasteiger partial charge in [-0.1, -0.05) is 40.2 Å². The molecule has 0 radical (unpaired) electrons. The van der Waals surface area contributed by atoms with Crippen LogP contribution >= 0.6 is 23.1 Å². The fourth-order valence-corrected chi connectivity index (χ4v) is 5.37. The Hall–Kier alpha value is -1.25. The zero-order valence-corrected chi connectivity index (χ0v) is 15.3. The predicted molar refractivity (Wildman–Crippen MR) is 94.8 cm³/mol. The van der Waals surface area contributed by atoms with Gasteiger partial charge in [0.1, 0.15) is 18.6 Å². The van der Waals surface area contributed by atoms with Crippen LogP contribution in [-0.4, -0.2) is 19.3 Å². The Morgan fingerprint density at radius 3 is 1.45 bits per heavy atom. The molecule has 0 aromatic heterocycles. The van der Waals surface area contributed by atoms with Gasteiger partial charge in [-0.2, -0.15) is 0 Å². The van der Waals surface area contributed by atoms with Gasteiger partial charge in [0.25, 0.3) is 0 Å². The highest BCUT2D eigenvalue weighted by molar-refractivity contribution is 9.10. The Bertz CT molecular complexity index is 584. The molecule has 0 heterocycles. The van der Waals surface area contributed by atoms with Crippen molar-refractivity contribution in [1.82, 2.24) is 0 Å². The zero-order valence-electron chi connectivity index (χ0n) is 12.8. The summed E-state index contributed by atoms with van der Waals surface area (Å²) in [6, 6.07) is 15.5. The number of rotatable bonds is 7. The number of alkyl halides is 1. The summed E-state index contributed by atoms with van der Waals surface area (Å²) in [7, 11) is 0.926. The maximum absolute atomic E-state index is 13.1. The summed E-state index contributed by atoms with van der Waals surface area (Å²) in [4.78, 5) is 0. The molecule has 0 N–H and O–H groups in total. The van der Waals surface area contributed by atoms with Crippen LogP contribution in [0, 0.1) is 0 Å². The Labute approximate surface area is 140 Å². The molecule has 2 rings (SSSR count). The van der Waals surface area contributed by atoms with E-state index in [4.69, 9.17) is 9.47 Å².